The minimum absolute atomic E-state index is 0. The summed E-state index contributed by atoms with van der Waals surface area (Å²) >= 11 is 0. The molecule has 6 aromatic rings. The molecule has 0 saturated carbocycles. The van der Waals surface area contributed by atoms with Crippen molar-refractivity contribution < 1.29 is 42.1 Å². The summed E-state index contributed by atoms with van der Waals surface area (Å²) in [5.41, 5.74) is 0.559. The predicted molar refractivity (Wildman–Crippen MR) is 166 cm³/mol. The molecule has 1 aliphatic rings. The molecule has 0 spiro atoms. The molecule has 1 aliphatic carbocycles. The van der Waals surface area contributed by atoms with E-state index in [0.717, 1.165) is 5.69 Å². The van der Waals surface area contributed by atoms with E-state index in [2.05, 4.69) is 52.0 Å². The Balaban J connectivity index is 0.000000237. The summed E-state index contributed by atoms with van der Waals surface area (Å²) in [6, 6.07) is 15.1. The zero-order valence-electron chi connectivity index (χ0n) is 27.0. The van der Waals surface area contributed by atoms with Gasteiger partial charge in [-0.1, -0.05) is 38.3 Å². The smallest absolute Gasteiger partial charge is 0.413 e. The Bertz CT molecular complexity index is 2240. The number of alkyl halides is 5. The average molecular weight is 840 g/mol. The van der Waals surface area contributed by atoms with Crippen LogP contribution in [0.5, 0.6) is 0 Å². The van der Waals surface area contributed by atoms with Crippen molar-refractivity contribution in [1.29, 1.82) is 0 Å². The topological polar surface area (TPSA) is 100 Å². The number of hydrogen-bond donors (Lipinski definition) is 0. The van der Waals surface area contributed by atoms with Gasteiger partial charge in [-0.25, -0.2) is 13.8 Å². The standard InChI is InChI=1S/C26H26F2N3O.C8H4F3N4.Ir/c1-23(2,3)20-9-8-14-18(29-20)10-11-31-19-13-17-16(12-15(19)22(32)30-21(14)31)24(4,5)26(27,28)25(17,6)7;9-8(10,11)7-13-6(14-15-7)5-3-1-2-4-12-5;/h9-13H,1-7H3;1-4H;/q2*-1;. The third-order valence-electron chi connectivity index (χ3n) is 8.80. The minimum atomic E-state index is -4.57. The monoisotopic (exact) mass is 840 g/mol. The van der Waals surface area contributed by atoms with Gasteiger partial charge in [0.15, 0.2) is 0 Å². The average Bonchev–Trinajstić information content (AvgIpc) is 3.55. The number of nitrogens with zero attached hydrogens (tertiary/aromatic N) is 7. The SMILES string of the molecule is CC(C)(C)c1c[c-]c2c(ccn3c4cc5c(cc4c(=O)nc23)C(C)(C)C(F)(F)C5(C)C)n1.FC(F)(F)c1n[n-]c(-c2ccccn2)n1.[Ir]. The summed E-state index contributed by atoms with van der Waals surface area (Å²) in [5, 5.41) is 7.21. The summed E-state index contributed by atoms with van der Waals surface area (Å²) in [6.07, 6.45) is -1.32. The molecule has 0 fully saturated rings. The zero-order valence-corrected chi connectivity index (χ0v) is 29.4. The van der Waals surface area contributed by atoms with E-state index in [1.54, 1.807) is 62.6 Å². The van der Waals surface area contributed by atoms with Crippen molar-refractivity contribution in [2.75, 3.05) is 0 Å². The molecule has 0 amide bonds. The Morgan fingerprint density at radius 1 is 0.917 bits per heavy atom. The fourth-order valence-electron chi connectivity index (χ4n) is 5.99. The molecule has 7 rings (SSSR count). The van der Waals surface area contributed by atoms with Crippen LogP contribution in [0.1, 0.15) is 71.1 Å². The number of rotatable bonds is 1. The van der Waals surface area contributed by atoms with Gasteiger partial charge in [-0.3, -0.25) is 14.9 Å². The number of benzene rings is 1. The molecule has 0 bridgehead atoms. The van der Waals surface area contributed by atoms with Crippen molar-refractivity contribution in [3.8, 4) is 11.5 Å². The molecule has 253 valence electrons. The predicted octanol–water partition coefficient (Wildman–Crippen LogP) is 7.21. The Hall–Kier alpha value is -4.16. The molecule has 5 aromatic heterocycles. The first-order chi connectivity index (χ1) is 21.7. The van der Waals surface area contributed by atoms with E-state index < -0.39 is 34.3 Å². The summed E-state index contributed by atoms with van der Waals surface area (Å²) in [6.45, 7) is 12.4. The Morgan fingerprint density at radius 2 is 1.58 bits per heavy atom. The van der Waals surface area contributed by atoms with Gasteiger partial charge in [0.2, 0.25) is 0 Å². The van der Waals surface area contributed by atoms with Gasteiger partial charge in [0.25, 0.3) is 11.5 Å². The van der Waals surface area contributed by atoms with E-state index in [4.69, 9.17) is 4.98 Å². The van der Waals surface area contributed by atoms with Crippen LogP contribution in [0.4, 0.5) is 22.0 Å². The largest absolute Gasteiger partial charge is 0.429 e. The normalized spacial score (nSPS) is 16.3. The second-order valence-electron chi connectivity index (χ2n) is 13.6. The molecule has 8 nitrogen and oxygen atoms in total. The molecule has 1 radical (unpaired) electrons. The molecular formula is C34H30F5IrN7O-2. The number of fused-ring (bicyclic) bond motifs is 6. The Kier molecular flexibility index (Phi) is 8.40. The van der Waals surface area contributed by atoms with Crippen molar-refractivity contribution >= 4 is 27.5 Å². The van der Waals surface area contributed by atoms with Crippen molar-refractivity contribution in [3.05, 3.63) is 93.9 Å². The molecule has 0 saturated heterocycles. The Labute approximate surface area is 285 Å². The second-order valence-corrected chi connectivity index (χ2v) is 13.6. The van der Waals surface area contributed by atoms with Gasteiger partial charge in [-0.05, 0) is 91.7 Å². The van der Waals surface area contributed by atoms with Gasteiger partial charge < -0.3 is 19.5 Å². The summed E-state index contributed by atoms with van der Waals surface area (Å²) in [7, 11) is 0. The van der Waals surface area contributed by atoms with E-state index in [1.165, 1.54) is 12.3 Å². The Morgan fingerprint density at radius 3 is 2.17 bits per heavy atom. The van der Waals surface area contributed by atoms with Crippen LogP contribution in [-0.4, -0.2) is 35.4 Å². The van der Waals surface area contributed by atoms with Crippen LogP contribution in [-0.2, 0) is 42.5 Å². The summed E-state index contributed by atoms with van der Waals surface area (Å²) < 4.78 is 69.0. The van der Waals surface area contributed by atoms with Gasteiger partial charge >= 0.3 is 6.18 Å². The first-order valence-electron chi connectivity index (χ1n) is 14.7. The number of pyridine rings is 3. The van der Waals surface area contributed by atoms with Gasteiger partial charge in [0, 0.05) is 26.3 Å². The van der Waals surface area contributed by atoms with E-state index in [1.807, 2.05) is 12.1 Å². The second kappa shape index (κ2) is 11.5. The van der Waals surface area contributed by atoms with Crippen molar-refractivity contribution in [2.45, 2.75) is 76.8 Å². The number of aromatic nitrogens is 7. The third kappa shape index (κ3) is 5.48. The van der Waals surface area contributed by atoms with E-state index in [9.17, 15) is 18.0 Å². The third-order valence-corrected chi connectivity index (χ3v) is 8.80. The first-order valence-corrected chi connectivity index (χ1v) is 14.7. The maximum Gasteiger partial charge on any atom is 0.429 e. The molecule has 14 heteroatoms. The van der Waals surface area contributed by atoms with Crippen LogP contribution in [0.15, 0.2) is 59.7 Å². The first kappa shape index (κ1) is 35.2. The molecule has 48 heavy (non-hydrogen) atoms. The van der Waals surface area contributed by atoms with Crippen molar-refractivity contribution in [2.24, 2.45) is 0 Å². The molecule has 0 unspecified atom stereocenters. The zero-order chi connectivity index (χ0) is 34.3. The van der Waals surface area contributed by atoms with Crippen LogP contribution in [0.3, 0.4) is 0 Å². The summed E-state index contributed by atoms with van der Waals surface area (Å²) in [5.74, 6) is -4.34. The number of halogens is 5. The number of hydrogen-bond acceptors (Lipinski definition) is 6. The fraction of sp³-hybridized carbons (Fsp3) is 0.353. The van der Waals surface area contributed by atoms with Gasteiger partial charge in [-0.2, -0.15) is 13.2 Å². The van der Waals surface area contributed by atoms with Crippen LogP contribution in [0.25, 0.3) is 39.0 Å². The molecular weight excluding hydrogens is 810 g/mol. The minimum Gasteiger partial charge on any atom is -0.413 e. The van der Waals surface area contributed by atoms with Gasteiger partial charge in [-0.15, -0.1) is 12.1 Å². The molecule has 1 aromatic carbocycles. The molecule has 0 N–H and O–H groups in total. The van der Waals surface area contributed by atoms with Gasteiger partial charge in [0.05, 0.1) is 33.1 Å². The van der Waals surface area contributed by atoms with E-state index in [-0.39, 0.29) is 37.0 Å². The van der Waals surface area contributed by atoms with Crippen LogP contribution in [0, 0.1) is 6.07 Å². The van der Waals surface area contributed by atoms with Crippen LogP contribution in [0.2, 0.25) is 0 Å². The quantitative estimate of drug-likeness (QED) is 0.0981. The molecule has 0 aliphatic heterocycles. The van der Waals surface area contributed by atoms with E-state index in [0.29, 0.717) is 38.6 Å². The van der Waals surface area contributed by atoms with Crippen molar-refractivity contribution in [1.82, 2.24) is 34.5 Å². The van der Waals surface area contributed by atoms with Crippen LogP contribution < -0.4 is 10.7 Å². The maximum atomic E-state index is 15.4. The van der Waals surface area contributed by atoms with Gasteiger partial charge in [0.1, 0.15) is 5.82 Å². The fourth-order valence-corrected chi connectivity index (χ4v) is 5.99. The summed E-state index contributed by atoms with van der Waals surface area (Å²) in [4.78, 5) is 29.2. The maximum absolute atomic E-state index is 15.4. The van der Waals surface area contributed by atoms with Crippen LogP contribution >= 0.6 is 0 Å². The van der Waals surface area contributed by atoms with Crippen molar-refractivity contribution in [3.63, 3.8) is 0 Å². The molecule has 5 heterocycles. The molecule has 0 atom stereocenters. The van der Waals surface area contributed by atoms with E-state index >= 15 is 8.78 Å².